The van der Waals surface area contributed by atoms with E-state index in [1.807, 2.05) is 58.9 Å². The van der Waals surface area contributed by atoms with E-state index in [4.69, 9.17) is 16.3 Å². The van der Waals surface area contributed by atoms with E-state index in [2.05, 4.69) is 0 Å². The number of ether oxygens (including phenoxy) is 1. The molecule has 0 amide bonds. The Morgan fingerprint density at radius 3 is 1.66 bits per heavy atom. The van der Waals surface area contributed by atoms with E-state index in [1.54, 1.807) is 0 Å². The molecular weight excluding hydrogens is 476 g/mol. The van der Waals surface area contributed by atoms with Crippen molar-refractivity contribution in [3.63, 3.8) is 0 Å². The van der Waals surface area contributed by atoms with E-state index in [0.717, 1.165) is 49.0 Å². The highest BCUT2D eigenvalue weighted by atomic mass is 35.5. The number of hydrogen-bond acceptors (Lipinski definition) is 3. The Morgan fingerprint density at radius 1 is 0.857 bits per heavy atom. The van der Waals surface area contributed by atoms with Gasteiger partial charge in [0.2, 0.25) is 0 Å². The molecule has 1 saturated carbocycles. The summed E-state index contributed by atoms with van der Waals surface area (Å²) in [6.45, 7) is 9.71. The van der Waals surface area contributed by atoms with Crippen LogP contribution in [0.2, 0.25) is 0 Å². The lowest BCUT2D eigenvalue weighted by Gasteiger charge is -2.42. The fourth-order valence-electron chi connectivity index (χ4n) is 5.29. The summed E-state index contributed by atoms with van der Waals surface area (Å²) in [5.41, 5.74) is -0.00743. The first kappa shape index (κ1) is 30.4. The minimum Gasteiger partial charge on any atom is -0.460 e. The van der Waals surface area contributed by atoms with Crippen molar-refractivity contribution in [3.05, 3.63) is 29.8 Å². The lowest BCUT2D eigenvalue weighted by Crippen LogP contribution is -2.45. The van der Waals surface area contributed by atoms with Gasteiger partial charge in [0.15, 0.2) is 0 Å². The van der Waals surface area contributed by atoms with Gasteiger partial charge in [0, 0.05) is 10.3 Å². The molecule has 200 valence electrons. The van der Waals surface area contributed by atoms with E-state index in [-0.39, 0.29) is 5.97 Å². The van der Waals surface area contributed by atoms with Gasteiger partial charge in [-0.1, -0.05) is 102 Å². The van der Waals surface area contributed by atoms with Gasteiger partial charge in [-0.3, -0.25) is 9.00 Å². The molecule has 1 aromatic carbocycles. The number of aryl methyl sites for hydroxylation is 1. The van der Waals surface area contributed by atoms with Gasteiger partial charge in [0.1, 0.15) is 10.3 Å². The summed E-state index contributed by atoms with van der Waals surface area (Å²) in [4.78, 5) is 14.2. The van der Waals surface area contributed by atoms with Crippen LogP contribution in [0.5, 0.6) is 0 Å². The zero-order chi connectivity index (χ0) is 25.9. The predicted molar refractivity (Wildman–Crippen MR) is 149 cm³/mol. The molecule has 0 aromatic heterocycles. The van der Waals surface area contributed by atoms with Crippen molar-refractivity contribution in [1.29, 1.82) is 0 Å². The molecule has 1 aliphatic rings. The molecule has 3 atom stereocenters. The standard InChI is InChI=1S/C30H49ClO3S/c1-24-18-20-26(21-19-24)35(33)28(31)30(25(2)27(32)34-29(3,4)5)22-16-14-12-10-8-6-7-9-11-13-15-17-23-30/h18-21,25,28H,6-17,22-23H2,1-5H3. The summed E-state index contributed by atoms with van der Waals surface area (Å²) < 4.78 is 19.0. The second kappa shape index (κ2) is 14.8. The van der Waals surface area contributed by atoms with Crippen LogP contribution < -0.4 is 0 Å². The van der Waals surface area contributed by atoms with Crippen molar-refractivity contribution in [1.82, 2.24) is 0 Å². The summed E-state index contributed by atoms with van der Waals surface area (Å²) in [5, 5.41) is 0. The molecule has 0 radical (unpaired) electrons. The van der Waals surface area contributed by atoms with Crippen LogP contribution in [0.4, 0.5) is 0 Å². The van der Waals surface area contributed by atoms with E-state index < -0.39 is 32.4 Å². The molecule has 35 heavy (non-hydrogen) atoms. The Hall–Kier alpha value is -0.870. The van der Waals surface area contributed by atoms with Gasteiger partial charge in [-0.15, -0.1) is 11.6 Å². The number of benzene rings is 1. The lowest BCUT2D eigenvalue weighted by molar-refractivity contribution is -0.164. The van der Waals surface area contributed by atoms with Crippen LogP contribution in [-0.4, -0.2) is 20.5 Å². The topological polar surface area (TPSA) is 43.4 Å². The fourth-order valence-corrected chi connectivity index (χ4v) is 7.51. The first-order chi connectivity index (χ1) is 16.6. The van der Waals surface area contributed by atoms with E-state index in [9.17, 15) is 9.00 Å². The SMILES string of the molecule is Cc1ccc(S(=O)C(Cl)C2(C(C)C(=O)OC(C)(C)C)CCCCCCCCCCCCCC2)cc1. The van der Waals surface area contributed by atoms with Crippen molar-refractivity contribution < 1.29 is 13.7 Å². The van der Waals surface area contributed by atoms with Crippen molar-refractivity contribution in [2.45, 2.75) is 140 Å². The van der Waals surface area contributed by atoms with Gasteiger partial charge in [0.25, 0.3) is 0 Å². The minimum absolute atomic E-state index is 0.220. The smallest absolute Gasteiger partial charge is 0.309 e. The molecule has 1 aromatic rings. The van der Waals surface area contributed by atoms with Crippen LogP contribution in [0.15, 0.2) is 29.2 Å². The van der Waals surface area contributed by atoms with E-state index >= 15 is 0 Å². The molecule has 0 N–H and O–H groups in total. The van der Waals surface area contributed by atoms with Crippen LogP contribution in [0.25, 0.3) is 0 Å². The number of esters is 1. The maximum Gasteiger partial charge on any atom is 0.309 e. The van der Waals surface area contributed by atoms with E-state index in [1.165, 1.54) is 51.4 Å². The fraction of sp³-hybridized carbons (Fsp3) is 0.767. The second-order valence-electron chi connectivity index (χ2n) is 11.7. The molecular formula is C30H49ClO3S. The van der Waals surface area contributed by atoms with Crippen molar-refractivity contribution >= 4 is 28.4 Å². The van der Waals surface area contributed by atoms with Crippen molar-refractivity contribution in [2.24, 2.45) is 11.3 Å². The maximum atomic E-state index is 13.8. The highest BCUT2D eigenvalue weighted by molar-refractivity contribution is 7.87. The molecule has 0 saturated heterocycles. The number of carbonyl (C=O) groups is 1. The Kier molecular flexibility index (Phi) is 12.8. The number of rotatable bonds is 5. The summed E-state index contributed by atoms with van der Waals surface area (Å²) in [7, 11) is -1.42. The molecule has 1 fully saturated rings. The van der Waals surface area contributed by atoms with Crippen LogP contribution in [-0.2, 0) is 20.3 Å². The van der Waals surface area contributed by atoms with Crippen LogP contribution in [0.3, 0.4) is 0 Å². The quantitative estimate of drug-likeness (QED) is 0.285. The van der Waals surface area contributed by atoms with Gasteiger partial charge in [0.05, 0.1) is 16.7 Å². The van der Waals surface area contributed by atoms with Gasteiger partial charge < -0.3 is 4.74 Å². The molecule has 5 heteroatoms. The summed E-state index contributed by atoms with van der Waals surface area (Å²) in [6.07, 6.45) is 16.2. The van der Waals surface area contributed by atoms with Crippen molar-refractivity contribution in [2.75, 3.05) is 0 Å². The lowest BCUT2D eigenvalue weighted by atomic mass is 9.70. The third-order valence-corrected chi connectivity index (χ3v) is 10.1. The Bertz CT molecular complexity index is 768. The zero-order valence-corrected chi connectivity index (χ0v) is 24.4. The number of halogens is 1. The number of carbonyl (C=O) groups excluding carboxylic acids is 1. The summed E-state index contributed by atoms with van der Waals surface area (Å²) in [5.74, 6) is -0.642. The Balaban J connectivity index is 2.38. The van der Waals surface area contributed by atoms with Gasteiger partial charge in [-0.25, -0.2) is 0 Å². The first-order valence-corrected chi connectivity index (χ1v) is 15.6. The third kappa shape index (κ3) is 9.84. The highest BCUT2D eigenvalue weighted by Crippen LogP contribution is 2.48. The molecule has 0 bridgehead atoms. The normalized spacial score (nSPS) is 21.7. The Morgan fingerprint density at radius 2 is 1.26 bits per heavy atom. The van der Waals surface area contributed by atoms with Crippen LogP contribution >= 0.6 is 11.6 Å². The van der Waals surface area contributed by atoms with Gasteiger partial charge in [-0.05, 0) is 52.7 Å². The van der Waals surface area contributed by atoms with Crippen molar-refractivity contribution in [3.8, 4) is 0 Å². The average Bonchev–Trinajstić information content (AvgIpc) is 2.81. The largest absolute Gasteiger partial charge is 0.460 e. The van der Waals surface area contributed by atoms with Gasteiger partial charge in [-0.2, -0.15) is 0 Å². The Labute approximate surface area is 222 Å². The molecule has 2 rings (SSSR count). The number of hydrogen-bond donors (Lipinski definition) is 0. The molecule has 0 aliphatic heterocycles. The number of alkyl halides is 1. The summed E-state index contributed by atoms with van der Waals surface area (Å²) in [6, 6.07) is 7.80. The predicted octanol–water partition coefficient (Wildman–Crippen LogP) is 9.11. The van der Waals surface area contributed by atoms with E-state index in [0.29, 0.717) is 0 Å². The second-order valence-corrected chi connectivity index (χ2v) is 13.9. The molecule has 3 unspecified atom stereocenters. The maximum absolute atomic E-state index is 13.8. The monoisotopic (exact) mass is 524 g/mol. The zero-order valence-electron chi connectivity index (χ0n) is 22.9. The first-order valence-electron chi connectivity index (χ1n) is 13.9. The molecule has 1 aliphatic carbocycles. The third-order valence-electron chi connectivity index (χ3n) is 7.55. The molecule has 0 spiro atoms. The highest BCUT2D eigenvalue weighted by Gasteiger charge is 2.49. The minimum atomic E-state index is -1.42. The molecule has 0 heterocycles. The van der Waals surface area contributed by atoms with Crippen LogP contribution in [0, 0.1) is 18.3 Å². The molecule has 3 nitrogen and oxygen atoms in total. The summed E-state index contributed by atoms with van der Waals surface area (Å²) >= 11 is 7.22. The van der Waals surface area contributed by atoms with Crippen LogP contribution in [0.1, 0.15) is 123 Å². The van der Waals surface area contributed by atoms with Gasteiger partial charge >= 0.3 is 5.97 Å². The average molecular weight is 525 g/mol.